The fourth-order valence-corrected chi connectivity index (χ4v) is 1.87. The number of hydrogen-bond acceptors (Lipinski definition) is 3. The standard InChI is InChI=1S/C16H19NO2/c1-12(2)13-5-7-14(8-6-13)16(18)11-17-10-15-4-3-9-19-15/h3-9,12,17H,10-11H2,1-2H3. The Balaban J connectivity index is 1.85. The molecule has 1 aromatic heterocycles. The normalized spacial score (nSPS) is 10.9. The van der Waals surface area contributed by atoms with Crippen LogP contribution >= 0.6 is 0 Å². The van der Waals surface area contributed by atoms with Crippen LogP contribution in [-0.4, -0.2) is 12.3 Å². The third-order valence-corrected chi connectivity index (χ3v) is 3.06. The zero-order valence-corrected chi connectivity index (χ0v) is 11.3. The van der Waals surface area contributed by atoms with Crippen LogP contribution in [0, 0.1) is 0 Å². The minimum Gasteiger partial charge on any atom is -0.468 e. The maximum Gasteiger partial charge on any atom is 0.176 e. The van der Waals surface area contributed by atoms with E-state index in [0.29, 0.717) is 19.0 Å². The monoisotopic (exact) mass is 257 g/mol. The fraction of sp³-hybridized carbons (Fsp3) is 0.312. The van der Waals surface area contributed by atoms with Gasteiger partial charge in [0.15, 0.2) is 5.78 Å². The van der Waals surface area contributed by atoms with E-state index in [9.17, 15) is 4.79 Å². The molecule has 3 heteroatoms. The molecule has 0 aliphatic rings. The van der Waals surface area contributed by atoms with Crippen LogP contribution in [0.1, 0.15) is 41.4 Å². The Labute approximate surface area is 113 Å². The molecular formula is C16H19NO2. The Morgan fingerprint density at radius 3 is 2.53 bits per heavy atom. The van der Waals surface area contributed by atoms with Gasteiger partial charge < -0.3 is 9.73 Å². The van der Waals surface area contributed by atoms with Crippen LogP contribution in [0.15, 0.2) is 47.1 Å². The summed E-state index contributed by atoms with van der Waals surface area (Å²) >= 11 is 0. The van der Waals surface area contributed by atoms with E-state index in [1.807, 2.05) is 36.4 Å². The summed E-state index contributed by atoms with van der Waals surface area (Å²) in [6, 6.07) is 11.5. The minimum atomic E-state index is 0.0989. The Hall–Kier alpha value is -1.87. The molecule has 0 radical (unpaired) electrons. The van der Waals surface area contributed by atoms with E-state index in [1.165, 1.54) is 5.56 Å². The molecule has 0 spiro atoms. The molecule has 0 aliphatic carbocycles. The predicted octanol–water partition coefficient (Wildman–Crippen LogP) is 3.38. The smallest absolute Gasteiger partial charge is 0.176 e. The van der Waals surface area contributed by atoms with Crippen molar-refractivity contribution in [1.82, 2.24) is 5.32 Å². The van der Waals surface area contributed by atoms with Crippen LogP contribution in [-0.2, 0) is 6.54 Å². The van der Waals surface area contributed by atoms with E-state index in [2.05, 4.69) is 19.2 Å². The van der Waals surface area contributed by atoms with Crippen molar-refractivity contribution >= 4 is 5.78 Å². The molecule has 0 saturated heterocycles. The van der Waals surface area contributed by atoms with E-state index < -0.39 is 0 Å². The van der Waals surface area contributed by atoms with E-state index in [0.717, 1.165) is 11.3 Å². The summed E-state index contributed by atoms with van der Waals surface area (Å²) in [7, 11) is 0. The fourth-order valence-electron chi connectivity index (χ4n) is 1.87. The van der Waals surface area contributed by atoms with Gasteiger partial charge in [-0.1, -0.05) is 38.1 Å². The summed E-state index contributed by atoms with van der Waals surface area (Å²) in [6.45, 7) is 5.17. The van der Waals surface area contributed by atoms with Gasteiger partial charge in [0.25, 0.3) is 0 Å². The third kappa shape index (κ3) is 3.80. The number of rotatable bonds is 6. The zero-order valence-electron chi connectivity index (χ0n) is 11.3. The molecule has 0 fully saturated rings. The maximum absolute atomic E-state index is 12.0. The molecule has 19 heavy (non-hydrogen) atoms. The van der Waals surface area contributed by atoms with Gasteiger partial charge in [-0.05, 0) is 23.6 Å². The molecule has 0 aliphatic heterocycles. The van der Waals surface area contributed by atoms with Gasteiger partial charge in [-0.25, -0.2) is 0 Å². The molecule has 2 rings (SSSR count). The average Bonchev–Trinajstić information content (AvgIpc) is 2.92. The first-order chi connectivity index (χ1) is 9.16. The lowest BCUT2D eigenvalue weighted by Crippen LogP contribution is -2.22. The molecular weight excluding hydrogens is 238 g/mol. The Morgan fingerprint density at radius 1 is 1.21 bits per heavy atom. The van der Waals surface area contributed by atoms with Gasteiger partial charge in [-0.3, -0.25) is 4.79 Å². The Bertz CT molecular complexity index is 512. The lowest BCUT2D eigenvalue weighted by molar-refractivity contribution is 0.0990. The van der Waals surface area contributed by atoms with Gasteiger partial charge in [-0.15, -0.1) is 0 Å². The van der Waals surface area contributed by atoms with Crippen molar-refractivity contribution in [2.45, 2.75) is 26.3 Å². The SMILES string of the molecule is CC(C)c1ccc(C(=O)CNCc2ccco2)cc1. The molecule has 0 bridgehead atoms. The molecule has 0 atom stereocenters. The van der Waals surface area contributed by atoms with Crippen LogP contribution in [0.2, 0.25) is 0 Å². The van der Waals surface area contributed by atoms with E-state index in [1.54, 1.807) is 6.26 Å². The van der Waals surface area contributed by atoms with Crippen LogP contribution in [0.25, 0.3) is 0 Å². The Kier molecular flexibility index (Phi) is 4.53. The molecule has 1 N–H and O–H groups in total. The number of hydrogen-bond donors (Lipinski definition) is 1. The van der Waals surface area contributed by atoms with E-state index in [-0.39, 0.29) is 5.78 Å². The molecule has 3 nitrogen and oxygen atoms in total. The van der Waals surface area contributed by atoms with Gasteiger partial charge in [0, 0.05) is 5.56 Å². The number of carbonyl (C=O) groups excluding carboxylic acids is 1. The topological polar surface area (TPSA) is 42.2 Å². The lowest BCUT2D eigenvalue weighted by atomic mass is 10.0. The first-order valence-corrected chi connectivity index (χ1v) is 6.53. The molecule has 1 heterocycles. The summed E-state index contributed by atoms with van der Waals surface area (Å²) in [5.41, 5.74) is 2.00. The number of nitrogens with one attached hydrogen (secondary N) is 1. The molecule has 100 valence electrons. The summed E-state index contributed by atoms with van der Waals surface area (Å²) in [5.74, 6) is 1.42. The lowest BCUT2D eigenvalue weighted by Gasteiger charge is -2.07. The first kappa shape index (κ1) is 13.6. The van der Waals surface area contributed by atoms with Gasteiger partial charge >= 0.3 is 0 Å². The minimum absolute atomic E-state index is 0.0989. The highest BCUT2D eigenvalue weighted by Gasteiger charge is 2.06. The molecule has 2 aromatic rings. The van der Waals surface area contributed by atoms with Gasteiger partial charge in [-0.2, -0.15) is 0 Å². The second-order valence-electron chi connectivity index (χ2n) is 4.88. The van der Waals surface area contributed by atoms with Gasteiger partial charge in [0.1, 0.15) is 5.76 Å². The highest BCUT2D eigenvalue weighted by molar-refractivity contribution is 5.97. The van der Waals surface area contributed by atoms with Crippen molar-refractivity contribution in [2.75, 3.05) is 6.54 Å². The second kappa shape index (κ2) is 6.34. The van der Waals surface area contributed by atoms with Crippen LogP contribution in [0.4, 0.5) is 0 Å². The number of Topliss-reactive ketones (excluding diaryl/α,β-unsaturated/α-hetero) is 1. The quantitative estimate of drug-likeness (QED) is 0.807. The zero-order chi connectivity index (χ0) is 13.7. The highest BCUT2D eigenvalue weighted by Crippen LogP contribution is 2.14. The third-order valence-electron chi connectivity index (χ3n) is 3.06. The largest absolute Gasteiger partial charge is 0.468 e. The number of carbonyl (C=O) groups is 1. The summed E-state index contributed by atoms with van der Waals surface area (Å²) in [6.07, 6.45) is 1.63. The summed E-state index contributed by atoms with van der Waals surface area (Å²) in [5, 5.41) is 3.08. The van der Waals surface area contributed by atoms with Crippen molar-refractivity contribution < 1.29 is 9.21 Å². The number of ketones is 1. The van der Waals surface area contributed by atoms with Crippen LogP contribution in [0.3, 0.4) is 0 Å². The highest BCUT2D eigenvalue weighted by atomic mass is 16.3. The van der Waals surface area contributed by atoms with Crippen molar-refractivity contribution in [3.8, 4) is 0 Å². The number of benzene rings is 1. The van der Waals surface area contributed by atoms with Crippen molar-refractivity contribution in [2.24, 2.45) is 0 Å². The predicted molar refractivity (Wildman–Crippen MR) is 75.3 cm³/mol. The van der Waals surface area contributed by atoms with Gasteiger partial charge in [0.2, 0.25) is 0 Å². The van der Waals surface area contributed by atoms with Crippen molar-refractivity contribution in [1.29, 1.82) is 0 Å². The number of furan rings is 1. The van der Waals surface area contributed by atoms with Crippen molar-refractivity contribution in [3.63, 3.8) is 0 Å². The molecule has 0 amide bonds. The summed E-state index contributed by atoms with van der Waals surface area (Å²) < 4.78 is 5.19. The van der Waals surface area contributed by atoms with E-state index >= 15 is 0 Å². The molecule has 0 saturated carbocycles. The maximum atomic E-state index is 12.0. The van der Waals surface area contributed by atoms with Crippen LogP contribution < -0.4 is 5.32 Å². The Morgan fingerprint density at radius 2 is 1.95 bits per heavy atom. The first-order valence-electron chi connectivity index (χ1n) is 6.53. The average molecular weight is 257 g/mol. The van der Waals surface area contributed by atoms with E-state index in [4.69, 9.17) is 4.42 Å². The second-order valence-corrected chi connectivity index (χ2v) is 4.88. The molecule has 1 aromatic carbocycles. The van der Waals surface area contributed by atoms with Gasteiger partial charge in [0.05, 0.1) is 19.4 Å². The van der Waals surface area contributed by atoms with Crippen molar-refractivity contribution in [3.05, 3.63) is 59.5 Å². The van der Waals surface area contributed by atoms with Crippen LogP contribution in [0.5, 0.6) is 0 Å². The molecule has 0 unspecified atom stereocenters. The summed E-state index contributed by atoms with van der Waals surface area (Å²) in [4.78, 5) is 12.0.